The Balaban J connectivity index is 0.000000279. The molecule has 8 rings (SSSR count). The predicted octanol–water partition coefficient (Wildman–Crippen LogP) is 6.85. The van der Waals surface area contributed by atoms with E-state index in [0.717, 1.165) is 40.0 Å². The van der Waals surface area contributed by atoms with Gasteiger partial charge in [-0.15, -0.1) is 0 Å². The first-order valence-corrected chi connectivity index (χ1v) is 25.4. The molecule has 16 heteroatoms. The molecule has 0 radical (unpaired) electrons. The molecule has 380 valence electrons. The summed E-state index contributed by atoms with van der Waals surface area (Å²) in [6.45, 7) is 12.3. The molecule has 76 heavy (non-hydrogen) atoms. The van der Waals surface area contributed by atoms with Crippen LogP contribution in [-0.2, 0) is 30.3 Å². The molecule has 0 aromatic heterocycles. The molecule has 12 nitrogen and oxygen atoms in total. The SMILES string of the molecule is COc1ccc(C(C)(C)c2ccc(Oc3ccc(C(=O)c4ccc(C)c(SOO[O-])c4)cc3S(=O)(=O)[O-])cc2)cc1.COc1ccc(C(C)(C)c2ccc(Oc3ccc(C(=O)c4ccc(C)cc4)cc3)cc2)cc1.[Na+].[Na+]. The minimum atomic E-state index is -5.00. The predicted molar refractivity (Wildman–Crippen MR) is 281 cm³/mol. The van der Waals surface area contributed by atoms with E-state index in [-0.39, 0.29) is 92.6 Å². The largest absolute Gasteiger partial charge is 1.00 e. The monoisotopic (exact) mass is 1080 g/mol. The fourth-order valence-electron chi connectivity index (χ4n) is 8.01. The summed E-state index contributed by atoms with van der Waals surface area (Å²) in [5.74, 6) is 2.62. The molecule has 0 saturated heterocycles. The van der Waals surface area contributed by atoms with Crippen LogP contribution in [0.15, 0.2) is 192 Å². The average molecular weight is 1080 g/mol. The number of hydrogen-bond acceptors (Lipinski definition) is 13. The fourth-order valence-corrected chi connectivity index (χ4v) is 9.12. The van der Waals surface area contributed by atoms with Crippen LogP contribution < -0.4 is 83.3 Å². The van der Waals surface area contributed by atoms with Gasteiger partial charge < -0.3 is 28.8 Å². The summed E-state index contributed by atoms with van der Waals surface area (Å²) in [5, 5.41) is 13.5. The minimum Gasteiger partial charge on any atom is -0.744 e. The van der Waals surface area contributed by atoms with Crippen LogP contribution in [0.2, 0.25) is 0 Å². The molecule has 8 aromatic rings. The van der Waals surface area contributed by atoms with Gasteiger partial charge in [-0.3, -0.25) is 14.6 Å². The molecule has 0 N–H and O–H groups in total. The average Bonchev–Trinajstić information content (AvgIpc) is 3.41. The minimum absolute atomic E-state index is 0. The Bertz CT molecular complexity index is 3330. The number of ketones is 2. The molecule has 0 aliphatic heterocycles. The molecule has 8 aromatic carbocycles. The summed E-state index contributed by atoms with van der Waals surface area (Å²) >= 11 is 0.629. The van der Waals surface area contributed by atoms with Crippen LogP contribution >= 0.6 is 12.0 Å². The van der Waals surface area contributed by atoms with Crippen molar-refractivity contribution in [3.05, 3.63) is 238 Å². The van der Waals surface area contributed by atoms with E-state index in [1.54, 1.807) is 51.5 Å². The molecular formula is C60H54Na2O12S2. The van der Waals surface area contributed by atoms with Crippen molar-refractivity contribution in [1.82, 2.24) is 0 Å². The molecule has 0 fully saturated rings. The van der Waals surface area contributed by atoms with E-state index in [0.29, 0.717) is 45.1 Å². The van der Waals surface area contributed by atoms with Gasteiger partial charge in [0.05, 0.1) is 31.2 Å². The quantitative estimate of drug-likeness (QED) is 0.0219. The zero-order valence-corrected chi connectivity index (χ0v) is 49.7. The summed E-state index contributed by atoms with van der Waals surface area (Å²) in [5.41, 5.74) is 7.28. The first-order valence-electron chi connectivity index (χ1n) is 23.3. The van der Waals surface area contributed by atoms with E-state index >= 15 is 0 Å². The summed E-state index contributed by atoms with van der Waals surface area (Å²) in [6, 6.07) is 54.3. The molecule has 0 unspecified atom stereocenters. The van der Waals surface area contributed by atoms with Gasteiger partial charge in [-0.25, -0.2) is 8.42 Å². The Labute approximate surface area is 493 Å². The zero-order valence-electron chi connectivity index (χ0n) is 44.0. The normalized spacial score (nSPS) is 11.2. The van der Waals surface area contributed by atoms with Crippen LogP contribution in [0.1, 0.15) is 92.9 Å². The van der Waals surface area contributed by atoms with Gasteiger partial charge in [0.2, 0.25) is 0 Å². The summed E-state index contributed by atoms with van der Waals surface area (Å²) in [4.78, 5) is 25.6. The van der Waals surface area contributed by atoms with Crippen LogP contribution in [0.4, 0.5) is 0 Å². The van der Waals surface area contributed by atoms with Gasteiger partial charge in [-0.2, -0.15) is 4.33 Å². The van der Waals surface area contributed by atoms with E-state index in [1.165, 1.54) is 35.4 Å². The van der Waals surface area contributed by atoms with E-state index in [4.69, 9.17) is 18.9 Å². The molecule has 0 saturated carbocycles. The molecule has 0 aliphatic carbocycles. The first kappa shape index (κ1) is 61.3. The number of methoxy groups -OCH3 is 2. The maximum Gasteiger partial charge on any atom is 1.00 e. The van der Waals surface area contributed by atoms with Gasteiger partial charge in [-0.05, 0) is 139 Å². The van der Waals surface area contributed by atoms with Crippen molar-refractivity contribution >= 4 is 33.7 Å². The number of ether oxygens (including phenoxy) is 4. The summed E-state index contributed by atoms with van der Waals surface area (Å²) in [7, 11) is -1.72. The van der Waals surface area contributed by atoms with Crippen LogP contribution in [0.3, 0.4) is 0 Å². The molecular weight excluding hydrogens is 1020 g/mol. The maximum atomic E-state index is 13.1. The van der Waals surface area contributed by atoms with Crippen molar-refractivity contribution < 1.29 is 115 Å². The Morgan fingerprint density at radius 3 is 1.25 bits per heavy atom. The molecule has 0 bridgehead atoms. The second-order valence-electron chi connectivity index (χ2n) is 18.3. The number of benzene rings is 8. The molecule has 0 heterocycles. The van der Waals surface area contributed by atoms with Gasteiger partial charge in [0.15, 0.2) is 11.6 Å². The van der Waals surface area contributed by atoms with E-state index in [2.05, 4.69) is 61.3 Å². The number of carbonyl (C=O) groups excluding carboxylic acids is 2. The van der Waals surface area contributed by atoms with Gasteiger partial charge >= 0.3 is 59.1 Å². The second-order valence-corrected chi connectivity index (χ2v) is 20.4. The first-order chi connectivity index (χ1) is 35.3. The van der Waals surface area contributed by atoms with Gasteiger partial charge in [0.25, 0.3) is 0 Å². The van der Waals surface area contributed by atoms with E-state index in [1.807, 2.05) is 104 Å². The van der Waals surface area contributed by atoms with E-state index in [9.17, 15) is 27.8 Å². The van der Waals surface area contributed by atoms with Gasteiger partial charge in [-0.1, -0.05) is 118 Å². The third kappa shape index (κ3) is 15.3. The third-order valence-corrected chi connectivity index (χ3v) is 14.3. The van der Waals surface area contributed by atoms with E-state index < -0.39 is 20.8 Å². The zero-order chi connectivity index (χ0) is 53.2. The Morgan fingerprint density at radius 2 is 0.829 bits per heavy atom. The topological polar surface area (TPSA) is 170 Å². The molecule has 0 atom stereocenters. The third-order valence-electron chi connectivity index (χ3n) is 12.7. The molecule has 0 aliphatic rings. The van der Waals surface area contributed by atoms with Crippen LogP contribution in [0.25, 0.3) is 0 Å². The smallest absolute Gasteiger partial charge is 0.744 e. The number of aryl methyl sites for hydroxylation is 2. The maximum absolute atomic E-state index is 13.1. The van der Waals surface area contributed by atoms with Crippen LogP contribution in [-0.4, -0.2) is 38.8 Å². The van der Waals surface area contributed by atoms with Crippen molar-refractivity contribution in [2.75, 3.05) is 14.2 Å². The fraction of sp³-hybridized carbons (Fsp3) is 0.167. The standard InChI is InChI=1S/C30H28O9S2.C30H28O3.2Na/c1-19-5-6-20(17-27(19)40-39-38-32)29(31)21-7-16-26(28(18-21)41(33,34)35)37-25-14-10-23(11-15-25)30(2,3)22-8-12-24(36-4)13-9-22;1-21-5-7-22(8-6-21)29(31)23-9-15-27(16-10-23)33-28-19-13-25(14-20-28)30(2,3)24-11-17-26(32-4)18-12-24;;/h5-18,32H,1-4H3,(H,33,34,35);5-20H,1-4H3;;/q;;2*+1/p-2. The number of carbonyl (C=O) groups is 2. The molecule has 0 amide bonds. The van der Waals surface area contributed by atoms with Crippen LogP contribution in [0, 0.1) is 13.8 Å². The van der Waals surface area contributed by atoms with Crippen LogP contribution in [0.5, 0.6) is 34.5 Å². The Kier molecular flexibility index (Phi) is 21.9. The Morgan fingerprint density at radius 1 is 0.474 bits per heavy atom. The number of rotatable bonds is 18. The molecule has 0 spiro atoms. The summed E-state index contributed by atoms with van der Waals surface area (Å²) in [6.07, 6.45) is 0. The summed E-state index contributed by atoms with van der Waals surface area (Å²) < 4.78 is 63.1. The van der Waals surface area contributed by atoms with Gasteiger partial charge in [0.1, 0.15) is 44.6 Å². The van der Waals surface area contributed by atoms with Crippen molar-refractivity contribution in [2.45, 2.75) is 62.2 Å². The van der Waals surface area contributed by atoms with Crippen molar-refractivity contribution in [3.63, 3.8) is 0 Å². The second kappa shape index (κ2) is 27.2. The van der Waals surface area contributed by atoms with Crippen molar-refractivity contribution in [1.29, 1.82) is 0 Å². The van der Waals surface area contributed by atoms with Gasteiger partial charge in [0, 0.05) is 38.0 Å². The Hall–Kier alpha value is -5.56. The number of hydrogen-bond donors (Lipinski definition) is 0. The van der Waals surface area contributed by atoms with Crippen molar-refractivity contribution in [2.24, 2.45) is 0 Å². The van der Waals surface area contributed by atoms with Crippen molar-refractivity contribution in [3.8, 4) is 34.5 Å².